The highest BCUT2D eigenvalue weighted by atomic mass is 79.9. The summed E-state index contributed by atoms with van der Waals surface area (Å²) in [6, 6.07) is 5.12. The van der Waals surface area contributed by atoms with Crippen LogP contribution in [0.2, 0.25) is 0 Å². The molecule has 0 spiro atoms. The summed E-state index contributed by atoms with van der Waals surface area (Å²) >= 11 is 9.19. The van der Waals surface area contributed by atoms with E-state index >= 15 is 0 Å². The lowest BCUT2D eigenvalue weighted by Crippen LogP contribution is -2.05. The van der Waals surface area contributed by atoms with Gasteiger partial charge >= 0.3 is 6.18 Å². The highest BCUT2D eigenvalue weighted by molar-refractivity contribution is 9.10. The highest BCUT2D eigenvalue weighted by Crippen LogP contribution is 2.36. The van der Waals surface area contributed by atoms with Crippen molar-refractivity contribution >= 4 is 32.6 Å². The molecular formula is C13H10BrClF3N. The van der Waals surface area contributed by atoms with Crippen LogP contribution in [0.4, 0.5) is 13.2 Å². The number of rotatable bonds is 3. The van der Waals surface area contributed by atoms with E-state index in [2.05, 4.69) is 15.9 Å². The van der Waals surface area contributed by atoms with E-state index in [4.69, 9.17) is 16.9 Å². The van der Waals surface area contributed by atoms with Crippen LogP contribution < -0.4 is 0 Å². The smallest absolute Gasteiger partial charge is 0.193 e. The van der Waals surface area contributed by atoms with Gasteiger partial charge in [0.1, 0.15) is 0 Å². The molecule has 0 bridgehead atoms. The second kappa shape index (κ2) is 6.44. The van der Waals surface area contributed by atoms with Gasteiger partial charge in [-0.1, -0.05) is 40.9 Å². The molecule has 1 aromatic carbocycles. The summed E-state index contributed by atoms with van der Waals surface area (Å²) in [4.78, 5) is 0. The van der Waals surface area contributed by atoms with Crippen molar-refractivity contribution in [1.82, 2.24) is 0 Å². The Morgan fingerprint density at radius 2 is 2.05 bits per heavy atom. The van der Waals surface area contributed by atoms with Crippen molar-refractivity contribution in [2.45, 2.75) is 25.9 Å². The van der Waals surface area contributed by atoms with E-state index in [-0.39, 0.29) is 16.2 Å². The van der Waals surface area contributed by atoms with Crippen molar-refractivity contribution < 1.29 is 13.2 Å². The minimum atomic E-state index is -4.44. The van der Waals surface area contributed by atoms with Gasteiger partial charge in [-0.25, -0.2) is 0 Å². The van der Waals surface area contributed by atoms with E-state index in [1.807, 2.05) is 13.0 Å². The molecule has 0 aliphatic rings. The summed E-state index contributed by atoms with van der Waals surface area (Å²) in [6.07, 6.45) is -3.32. The van der Waals surface area contributed by atoms with Crippen LogP contribution in [0.5, 0.6) is 0 Å². The third-order valence-corrected chi connectivity index (χ3v) is 3.55. The molecule has 0 N–H and O–H groups in total. The molecule has 0 fully saturated rings. The Kier molecular flexibility index (Phi) is 5.45. The van der Waals surface area contributed by atoms with Crippen LogP contribution in [-0.4, -0.2) is 0 Å². The molecule has 0 aromatic heterocycles. The van der Waals surface area contributed by atoms with Gasteiger partial charge in [0.2, 0.25) is 0 Å². The number of hydrogen-bond donors (Lipinski definition) is 0. The lowest BCUT2D eigenvalue weighted by molar-refractivity contribution is -0.137. The molecule has 0 radical (unpaired) electrons. The number of nitriles is 1. The maximum atomic E-state index is 12.7. The quantitative estimate of drug-likeness (QED) is 0.636. The van der Waals surface area contributed by atoms with E-state index < -0.39 is 11.7 Å². The van der Waals surface area contributed by atoms with Gasteiger partial charge in [-0.05, 0) is 24.6 Å². The normalized spacial score (nSPS) is 12.9. The number of nitrogens with zero attached hydrogens (tertiary/aromatic N) is 1. The first-order valence-electron chi connectivity index (χ1n) is 5.47. The Morgan fingerprint density at radius 3 is 2.53 bits per heavy atom. The molecule has 6 heteroatoms. The van der Waals surface area contributed by atoms with E-state index in [0.717, 1.165) is 12.1 Å². The summed E-state index contributed by atoms with van der Waals surface area (Å²) in [7, 11) is 0. The Balaban J connectivity index is 3.38. The van der Waals surface area contributed by atoms with Crippen LogP contribution in [-0.2, 0) is 6.18 Å². The molecule has 0 aliphatic carbocycles. The molecule has 19 heavy (non-hydrogen) atoms. The first-order chi connectivity index (χ1) is 8.81. The number of alkyl halides is 3. The second-order valence-corrected chi connectivity index (χ2v) is 5.08. The fraction of sp³-hybridized carbons (Fsp3) is 0.308. The van der Waals surface area contributed by atoms with Gasteiger partial charge in [0.25, 0.3) is 0 Å². The number of benzene rings is 1. The predicted octanol–water partition coefficient (Wildman–Crippen LogP) is 5.74. The zero-order valence-electron chi connectivity index (χ0n) is 9.98. The molecule has 0 saturated carbocycles. The molecular weight excluding hydrogens is 343 g/mol. The molecule has 0 amide bonds. The minimum absolute atomic E-state index is 0.0577. The molecule has 0 saturated heterocycles. The monoisotopic (exact) mass is 351 g/mol. The van der Waals surface area contributed by atoms with Crippen molar-refractivity contribution in [3.63, 3.8) is 0 Å². The zero-order valence-corrected chi connectivity index (χ0v) is 12.3. The summed E-state index contributed by atoms with van der Waals surface area (Å²) in [5, 5.41) is 9.04. The SMILES string of the molecule is CCC/C(C#N)=C(/Cl)c1cc(C(F)(F)F)ccc1Br. The van der Waals surface area contributed by atoms with E-state index in [9.17, 15) is 13.2 Å². The van der Waals surface area contributed by atoms with Crippen molar-refractivity contribution in [1.29, 1.82) is 5.26 Å². The third kappa shape index (κ3) is 3.99. The van der Waals surface area contributed by atoms with E-state index in [1.54, 1.807) is 0 Å². The second-order valence-electron chi connectivity index (χ2n) is 3.85. The van der Waals surface area contributed by atoms with Crippen LogP contribution >= 0.6 is 27.5 Å². The molecule has 1 rings (SSSR count). The molecule has 102 valence electrons. The van der Waals surface area contributed by atoms with Gasteiger partial charge in [-0.15, -0.1) is 0 Å². The Bertz CT molecular complexity index is 544. The average Bonchev–Trinajstić information content (AvgIpc) is 2.34. The van der Waals surface area contributed by atoms with Crippen LogP contribution in [0.3, 0.4) is 0 Å². The fourth-order valence-corrected chi connectivity index (χ4v) is 2.35. The van der Waals surface area contributed by atoms with Gasteiger partial charge in [0.05, 0.1) is 16.7 Å². The van der Waals surface area contributed by atoms with Crippen molar-refractivity contribution in [2.75, 3.05) is 0 Å². The summed E-state index contributed by atoms with van der Waals surface area (Å²) in [6.45, 7) is 1.86. The van der Waals surface area contributed by atoms with Crippen LogP contribution in [0.15, 0.2) is 28.2 Å². The lowest BCUT2D eigenvalue weighted by Gasteiger charge is -2.11. The Morgan fingerprint density at radius 1 is 1.42 bits per heavy atom. The Labute approximate surface area is 122 Å². The number of allylic oxidation sites excluding steroid dienone is 1. The number of hydrogen-bond acceptors (Lipinski definition) is 1. The third-order valence-electron chi connectivity index (χ3n) is 2.43. The van der Waals surface area contributed by atoms with Crippen molar-refractivity contribution in [2.24, 2.45) is 0 Å². The van der Waals surface area contributed by atoms with Crippen LogP contribution in [0.25, 0.3) is 5.03 Å². The van der Waals surface area contributed by atoms with Gasteiger partial charge < -0.3 is 0 Å². The number of halogens is 5. The first-order valence-corrected chi connectivity index (χ1v) is 6.64. The van der Waals surface area contributed by atoms with Gasteiger partial charge in [-0.2, -0.15) is 18.4 Å². The highest BCUT2D eigenvalue weighted by Gasteiger charge is 2.31. The van der Waals surface area contributed by atoms with Crippen LogP contribution in [0, 0.1) is 11.3 Å². The molecule has 0 unspecified atom stereocenters. The van der Waals surface area contributed by atoms with Gasteiger partial charge in [0, 0.05) is 15.6 Å². The summed E-state index contributed by atoms with van der Waals surface area (Å²) in [5.41, 5.74) is -0.330. The van der Waals surface area contributed by atoms with E-state index in [0.29, 0.717) is 17.3 Å². The largest absolute Gasteiger partial charge is 0.416 e. The molecule has 0 atom stereocenters. The minimum Gasteiger partial charge on any atom is -0.193 e. The molecule has 0 aliphatic heterocycles. The Hall–Kier alpha value is -0.990. The topological polar surface area (TPSA) is 23.8 Å². The molecule has 1 aromatic rings. The average molecular weight is 353 g/mol. The molecule has 1 nitrogen and oxygen atoms in total. The lowest BCUT2D eigenvalue weighted by atomic mass is 10.0. The van der Waals surface area contributed by atoms with Crippen molar-refractivity contribution in [3.05, 3.63) is 39.4 Å². The van der Waals surface area contributed by atoms with Gasteiger partial charge in [0.15, 0.2) is 0 Å². The van der Waals surface area contributed by atoms with Crippen LogP contribution in [0.1, 0.15) is 30.9 Å². The maximum absolute atomic E-state index is 12.7. The zero-order chi connectivity index (χ0) is 14.6. The van der Waals surface area contributed by atoms with E-state index in [1.165, 1.54) is 6.07 Å². The van der Waals surface area contributed by atoms with Gasteiger partial charge in [-0.3, -0.25) is 0 Å². The molecule has 0 heterocycles. The first kappa shape index (κ1) is 16.1. The predicted molar refractivity (Wildman–Crippen MR) is 72.4 cm³/mol. The van der Waals surface area contributed by atoms with Crippen molar-refractivity contribution in [3.8, 4) is 6.07 Å². The standard InChI is InChI=1S/C13H10BrClF3N/c1-2-3-8(7-19)12(15)10-6-9(13(16,17)18)4-5-11(10)14/h4-6H,2-3H2,1H3/b12-8-. The summed E-state index contributed by atoms with van der Waals surface area (Å²) in [5.74, 6) is 0. The maximum Gasteiger partial charge on any atom is 0.416 e. The fourth-order valence-electron chi connectivity index (χ4n) is 1.50. The summed E-state index contributed by atoms with van der Waals surface area (Å²) < 4.78 is 38.4.